The van der Waals surface area contributed by atoms with Gasteiger partial charge in [0, 0.05) is 23.8 Å². The molecule has 4 fully saturated rings. The van der Waals surface area contributed by atoms with E-state index in [1.54, 1.807) is 0 Å². The fourth-order valence-corrected chi connectivity index (χ4v) is 8.30. The highest BCUT2D eigenvalue weighted by molar-refractivity contribution is 9.10. The van der Waals surface area contributed by atoms with Gasteiger partial charge in [-0.15, -0.1) is 0 Å². The average molecular weight is 414 g/mol. The molecule has 4 saturated carbocycles. The van der Waals surface area contributed by atoms with Crippen molar-refractivity contribution in [2.45, 2.75) is 55.7 Å². The number of alkyl halides is 1. The van der Waals surface area contributed by atoms with Crippen molar-refractivity contribution in [1.82, 2.24) is 4.90 Å². The van der Waals surface area contributed by atoms with Crippen LogP contribution in [0.4, 0.5) is 0 Å². The number of halogens is 1. The maximum absolute atomic E-state index is 13.1. The number of benzene rings is 1. The molecule has 1 aromatic rings. The molecule has 2 nitrogen and oxygen atoms in total. The number of nitrogens with zero attached hydrogens (tertiary/aromatic N) is 1. The quantitative estimate of drug-likeness (QED) is 0.605. The topological polar surface area (TPSA) is 20.3 Å². The molecule has 5 aliphatic rings. The summed E-state index contributed by atoms with van der Waals surface area (Å²) in [7, 11) is 0. The number of hydrogen-bond acceptors (Lipinski definition) is 1. The van der Waals surface area contributed by atoms with Gasteiger partial charge in [0.15, 0.2) is 0 Å². The summed E-state index contributed by atoms with van der Waals surface area (Å²) in [5.74, 6) is 2.11. The van der Waals surface area contributed by atoms with E-state index in [0.29, 0.717) is 10.2 Å². The van der Waals surface area contributed by atoms with E-state index in [1.165, 1.54) is 49.7 Å². The molecular formula is C23H28BrNO. The van der Waals surface area contributed by atoms with Gasteiger partial charge in [-0.3, -0.25) is 4.79 Å². The average Bonchev–Trinajstić information content (AvgIpc) is 2.60. The number of carbonyl (C=O) groups excluding carboxylic acids is 1. The van der Waals surface area contributed by atoms with E-state index in [2.05, 4.69) is 57.2 Å². The van der Waals surface area contributed by atoms with Gasteiger partial charge in [-0.25, -0.2) is 0 Å². The molecule has 0 saturated heterocycles. The molecule has 6 rings (SSSR count). The zero-order valence-electron chi connectivity index (χ0n) is 15.4. The highest BCUT2D eigenvalue weighted by Crippen LogP contribution is 2.65. The molecule has 4 aliphatic carbocycles. The van der Waals surface area contributed by atoms with Crippen LogP contribution in [0, 0.1) is 17.3 Å². The van der Waals surface area contributed by atoms with Gasteiger partial charge in [0.1, 0.15) is 0 Å². The van der Waals surface area contributed by atoms with Crippen LogP contribution >= 0.6 is 15.9 Å². The van der Waals surface area contributed by atoms with Gasteiger partial charge in [-0.1, -0.05) is 52.3 Å². The second-order valence-corrected chi connectivity index (χ2v) is 11.2. The van der Waals surface area contributed by atoms with Crippen molar-refractivity contribution in [3.8, 4) is 0 Å². The molecule has 4 bridgehead atoms. The van der Waals surface area contributed by atoms with Crippen molar-refractivity contribution in [2.24, 2.45) is 17.3 Å². The van der Waals surface area contributed by atoms with Crippen LogP contribution in [0.25, 0.3) is 5.57 Å². The first kappa shape index (κ1) is 17.0. The summed E-state index contributed by atoms with van der Waals surface area (Å²) in [6, 6.07) is 10.6. The number of hydrogen-bond donors (Lipinski definition) is 0. The Balaban J connectivity index is 1.26. The lowest BCUT2D eigenvalue weighted by molar-refractivity contribution is -0.138. The molecule has 1 amide bonds. The maximum atomic E-state index is 13.1. The minimum absolute atomic E-state index is 0.286. The number of carbonyl (C=O) groups is 1. The lowest BCUT2D eigenvalue weighted by Crippen LogP contribution is -2.54. The van der Waals surface area contributed by atoms with Gasteiger partial charge in [0.2, 0.25) is 5.91 Å². The molecule has 2 unspecified atom stereocenters. The minimum Gasteiger partial charge on any atom is -0.339 e. The first-order chi connectivity index (χ1) is 12.5. The molecule has 138 valence electrons. The van der Waals surface area contributed by atoms with E-state index >= 15 is 0 Å². The highest BCUT2D eigenvalue weighted by atomic mass is 79.9. The van der Waals surface area contributed by atoms with Crippen LogP contribution in [0.1, 0.15) is 56.9 Å². The monoisotopic (exact) mass is 413 g/mol. The molecule has 0 spiro atoms. The lowest BCUT2D eigenvalue weighted by atomic mass is 9.48. The van der Waals surface area contributed by atoms with E-state index in [-0.39, 0.29) is 5.41 Å². The molecule has 1 aromatic carbocycles. The van der Waals surface area contributed by atoms with Gasteiger partial charge >= 0.3 is 0 Å². The number of rotatable bonds is 3. The van der Waals surface area contributed by atoms with Gasteiger partial charge in [0.25, 0.3) is 0 Å². The Hall–Kier alpha value is -1.09. The summed E-state index contributed by atoms with van der Waals surface area (Å²) >= 11 is 4.08. The Morgan fingerprint density at radius 1 is 1.12 bits per heavy atom. The molecule has 26 heavy (non-hydrogen) atoms. The summed E-state index contributed by atoms with van der Waals surface area (Å²) in [5.41, 5.74) is 2.99. The second-order valence-electron chi connectivity index (χ2n) is 9.47. The Bertz CT molecular complexity index is 726. The molecule has 0 aromatic heterocycles. The normalized spacial score (nSPS) is 38.3. The van der Waals surface area contributed by atoms with Crippen molar-refractivity contribution in [2.75, 3.05) is 13.1 Å². The van der Waals surface area contributed by atoms with Crippen LogP contribution in [-0.4, -0.2) is 28.2 Å². The Morgan fingerprint density at radius 3 is 2.46 bits per heavy atom. The SMILES string of the molecule is O=C(CC12CC3CC(CC(Br)(C3)C1)C2)N1CC=C(c2ccccc2)CC1. The summed E-state index contributed by atoms with van der Waals surface area (Å²) < 4.78 is 0.347. The zero-order valence-corrected chi connectivity index (χ0v) is 17.0. The van der Waals surface area contributed by atoms with Crippen molar-refractivity contribution >= 4 is 27.4 Å². The first-order valence-corrected chi connectivity index (χ1v) is 11.0. The van der Waals surface area contributed by atoms with Crippen LogP contribution in [0.15, 0.2) is 36.4 Å². The second kappa shape index (κ2) is 6.22. The summed E-state index contributed by atoms with van der Waals surface area (Å²) in [5, 5.41) is 0. The maximum Gasteiger partial charge on any atom is 0.223 e. The van der Waals surface area contributed by atoms with E-state index < -0.39 is 0 Å². The molecule has 1 aliphatic heterocycles. The number of amides is 1. The van der Waals surface area contributed by atoms with Gasteiger partial charge in [-0.05, 0) is 73.3 Å². The van der Waals surface area contributed by atoms with Gasteiger partial charge in [-0.2, -0.15) is 0 Å². The zero-order chi connectivity index (χ0) is 17.8. The smallest absolute Gasteiger partial charge is 0.223 e. The Kier molecular flexibility index (Phi) is 4.08. The summed E-state index contributed by atoms with van der Waals surface area (Å²) in [4.78, 5) is 15.2. The standard InChI is InChI=1S/C23H28BrNO/c24-23-13-17-10-18(14-23)12-22(11-17,16-23)15-21(26)25-8-6-20(7-9-25)19-4-2-1-3-5-19/h1-6,17-18H,7-16H2. The van der Waals surface area contributed by atoms with E-state index in [1.807, 2.05) is 0 Å². The van der Waals surface area contributed by atoms with E-state index in [9.17, 15) is 4.79 Å². The Morgan fingerprint density at radius 2 is 1.85 bits per heavy atom. The molecule has 3 heteroatoms. The molecule has 1 heterocycles. The van der Waals surface area contributed by atoms with Crippen LogP contribution in [0.5, 0.6) is 0 Å². The van der Waals surface area contributed by atoms with Crippen molar-refractivity contribution in [3.05, 3.63) is 42.0 Å². The van der Waals surface area contributed by atoms with Crippen molar-refractivity contribution in [3.63, 3.8) is 0 Å². The largest absolute Gasteiger partial charge is 0.339 e. The van der Waals surface area contributed by atoms with Gasteiger partial charge < -0.3 is 4.90 Å². The van der Waals surface area contributed by atoms with Crippen LogP contribution in [0.2, 0.25) is 0 Å². The molecule has 0 N–H and O–H groups in total. The third kappa shape index (κ3) is 3.06. The van der Waals surface area contributed by atoms with Crippen LogP contribution < -0.4 is 0 Å². The van der Waals surface area contributed by atoms with E-state index in [0.717, 1.165) is 37.8 Å². The predicted octanol–water partition coefficient (Wildman–Crippen LogP) is 5.43. The molecule has 0 radical (unpaired) electrons. The minimum atomic E-state index is 0.286. The van der Waals surface area contributed by atoms with Gasteiger partial charge in [0.05, 0.1) is 0 Å². The third-order valence-corrected chi connectivity index (χ3v) is 8.27. The molecule has 2 atom stereocenters. The molecular weight excluding hydrogens is 386 g/mol. The first-order valence-electron chi connectivity index (χ1n) is 10.2. The predicted molar refractivity (Wildman–Crippen MR) is 109 cm³/mol. The Labute approximate surface area is 165 Å². The van der Waals surface area contributed by atoms with Crippen LogP contribution in [-0.2, 0) is 4.79 Å². The van der Waals surface area contributed by atoms with Crippen molar-refractivity contribution in [1.29, 1.82) is 0 Å². The lowest BCUT2D eigenvalue weighted by Gasteiger charge is -2.60. The fourth-order valence-electron chi connectivity index (χ4n) is 6.79. The fraction of sp³-hybridized carbons (Fsp3) is 0.609. The van der Waals surface area contributed by atoms with Crippen LogP contribution in [0.3, 0.4) is 0 Å². The van der Waals surface area contributed by atoms with Crippen molar-refractivity contribution < 1.29 is 4.79 Å². The summed E-state index contributed by atoms with van der Waals surface area (Å²) in [6.07, 6.45) is 11.9. The third-order valence-electron chi connectivity index (χ3n) is 7.34. The summed E-state index contributed by atoms with van der Waals surface area (Å²) in [6.45, 7) is 1.66. The van der Waals surface area contributed by atoms with E-state index in [4.69, 9.17) is 0 Å². The highest BCUT2D eigenvalue weighted by Gasteiger charge is 2.57.